The first-order chi connectivity index (χ1) is 17.8. The third kappa shape index (κ3) is 3.40. The minimum Gasteiger partial charge on any atom is -0.461 e. The molecule has 2 amide bonds. The summed E-state index contributed by atoms with van der Waals surface area (Å²) in [6.45, 7) is 4.19. The maximum Gasteiger partial charge on any atom is 0.311 e. The fourth-order valence-electron chi connectivity index (χ4n) is 6.46. The van der Waals surface area contributed by atoms with Gasteiger partial charge in [-0.2, -0.15) is 0 Å². The quantitative estimate of drug-likeness (QED) is 0.461. The van der Waals surface area contributed by atoms with E-state index in [1.165, 1.54) is 11.8 Å². The second kappa shape index (κ2) is 8.70. The van der Waals surface area contributed by atoms with Gasteiger partial charge in [-0.3, -0.25) is 14.4 Å². The molecule has 2 saturated heterocycles. The molecule has 37 heavy (non-hydrogen) atoms. The molecule has 6 rings (SSSR count). The smallest absolute Gasteiger partial charge is 0.311 e. The summed E-state index contributed by atoms with van der Waals surface area (Å²) in [6, 6.07) is 6.10. The zero-order chi connectivity index (χ0) is 25.9. The largest absolute Gasteiger partial charge is 0.461 e. The van der Waals surface area contributed by atoms with Crippen LogP contribution in [-0.4, -0.2) is 89.0 Å². The van der Waals surface area contributed by atoms with Gasteiger partial charge in [0.2, 0.25) is 11.8 Å². The molecule has 0 aliphatic carbocycles. The Morgan fingerprint density at radius 3 is 2.76 bits per heavy atom. The van der Waals surface area contributed by atoms with Gasteiger partial charge in [-0.25, -0.2) is 4.68 Å². The van der Waals surface area contributed by atoms with E-state index in [2.05, 4.69) is 10.3 Å². The number of thioether (sulfide) groups is 1. The monoisotopic (exact) mass is 523 g/mol. The molecule has 4 aliphatic rings. The van der Waals surface area contributed by atoms with Gasteiger partial charge >= 0.3 is 5.97 Å². The Hall–Kier alpha value is -3.18. The van der Waals surface area contributed by atoms with Crippen LogP contribution in [0.25, 0.3) is 11.0 Å². The number of benzene rings is 1. The number of fused-ring (bicyclic) bond motifs is 3. The average Bonchev–Trinajstić information content (AvgIpc) is 3.41. The number of rotatable bonds is 5. The maximum atomic E-state index is 14.4. The molecule has 0 saturated carbocycles. The molecular weight excluding hydrogens is 494 g/mol. The summed E-state index contributed by atoms with van der Waals surface area (Å²) in [4.78, 5) is 45.0. The Morgan fingerprint density at radius 2 is 1.97 bits per heavy atom. The Morgan fingerprint density at radius 1 is 1.16 bits per heavy atom. The van der Waals surface area contributed by atoms with Gasteiger partial charge in [-0.15, -0.1) is 16.9 Å². The fraction of sp³-hybridized carbons (Fsp3) is 0.500. The van der Waals surface area contributed by atoms with Crippen molar-refractivity contribution in [2.75, 3.05) is 19.8 Å². The number of hydrogen-bond donors (Lipinski definition) is 1. The summed E-state index contributed by atoms with van der Waals surface area (Å²) in [6.07, 6.45) is 8.10. The molecule has 10 nitrogen and oxygen atoms in total. The molecule has 5 heterocycles. The fourth-order valence-corrected chi connectivity index (χ4v) is 8.60. The molecule has 1 unspecified atom stereocenters. The Labute approximate surface area is 218 Å². The third-order valence-corrected chi connectivity index (χ3v) is 9.93. The number of likely N-dealkylation sites (tertiary alicyclic amines) is 1. The first-order valence-electron chi connectivity index (χ1n) is 12.6. The van der Waals surface area contributed by atoms with Gasteiger partial charge in [0.25, 0.3) is 0 Å². The first kappa shape index (κ1) is 24.2. The highest BCUT2D eigenvalue weighted by Gasteiger charge is 2.74. The van der Waals surface area contributed by atoms with E-state index < -0.39 is 39.4 Å². The van der Waals surface area contributed by atoms with Gasteiger partial charge in [-0.1, -0.05) is 42.5 Å². The summed E-state index contributed by atoms with van der Waals surface area (Å²) in [5, 5.41) is 18.7. The van der Waals surface area contributed by atoms with Crippen molar-refractivity contribution in [3.05, 3.63) is 48.6 Å². The second-order valence-electron chi connectivity index (χ2n) is 10.2. The van der Waals surface area contributed by atoms with E-state index >= 15 is 0 Å². The van der Waals surface area contributed by atoms with Crippen molar-refractivity contribution in [3.63, 3.8) is 0 Å². The molecule has 4 aliphatic heterocycles. The molecule has 0 bridgehead atoms. The second-order valence-corrected chi connectivity index (χ2v) is 12.0. The van der Waals surface area contributed by atoms with E-state index in [0.717, 1.165) is 11.0 Å². The standard InChI is InChI=1S/C26H29N5O5S/c1-3-16(14-32)31-21-23(34)29(15-30-18-9-5-4-8-17(18)27-28-30)12-6-11-26(21)19(22(31)33)20-24(35)36-13-7-10-25(20,2)37-26/h4-11,16,19-21,32H,3,12-15H2,1-2H3/t16-,19-,20+,21?,25-,26-/m0/s1. The van der Waals surface area contributed by atoms with Crippen molar-refractivity contribution in [2.45, 2.75) is 48.5 Å². The van der Waals surface area contributed by atoms with E-state index in [0.29, 0.717) is 13.0 Å². The van der Waals surface area contributed by atoms with Gasteiger partial charge in [0.15, 0.2) is 0 Å². The molecule has 1 aromatic heterocycles. The SMILES string of the molecule is CC[C@@H](CO)N1C(=O)[C@@H]2[C@@H]3C(=O)OCC=C[C@]3(C)S[C@@]23C=CCN(Cn2nnc4ccccc42)C(=O)C13. The normalized spacial score (nSPS) is 33.7. The van der Waals surface area contributed by atoms with Crippen molar-refractivity contribution in [1.82, 2.24) is 24.8 Å². The van der Waals surface area contributed by atoms with E-state index in [-0.39, 0.29) is 31.7 Å². The number of cyclic esters (lactones) is 1. The molecule has 1 spiro atoms. The van der Waals surface area contributed by atoms with Crippen LogP contribution in [0.15, 0.2) is 48.6 Å². The topological polar surface area (TPSA) is 118 Å². The number of carbonyl (C=O) groups excluding carboxylic acids is 3. The summed E-state index contributed by atoms with van der Waals surface area (Å²) >= 11 is 1.49. The van der Waals surface area contributed by atoms with Gasteiger partial charge in [-0.05, 0) is 31.6 Å². The van der Waals surface area contributed by atoms with Gasteiger partial charge in [0.05, 0.1) is 34.7 Å². The van der Waals surface area contributed by atoms with Gasteiger partial charge < -0.3 is 19.6 Å². The van der Waals surface area contributed by atoms with Crippen molar-refractivity contribution in [1.29, 1.82) is 0 Å². The van der Waals surface area contributed by atoms with Crippen molar-refractivity contribution < 1.29 is 24.2 Å². The molecule has 6 atom stereocenters. The zero-order valence-corrected chi connectivity index (χ0v) is 21.5. The van der Waals surface area contributed by atoms with E-state index in [9.17, 15) is 19.5 Å². The van der Waals surface area contributed by atoms with Gasteiger partial charge in [0.1, 0.15) is 24.8 Å². The molecule has 11 heteroatoms. The lowest BCUT2D eigenvalue weighted by atomic mass is 9.75. The van der Waals surface area contributed by atoms with Gasteiger partial charge in [0, 0.05) is 11.3 Å². The lowest BCUT2D eigenvalue weighted by Gasteiger charge is -2.39. The van der Waals surface area contributed by atoms with Crippen LogP contribution in [0, 0.1) is 11.8 Å². The summed E-state index contributed by atoms with van der Waals surface area (Å²) < 4.78 is 5.45. The number of esters is 1. The minimum atomic E-state index is -0.976. The highest BCUT2D eigenvalue weighted by molar-refractivity contribution is 8.02. The minimum absolute atomic E-state index is 0.159. The van der Waals surface area contributed by atoms with Crippen LogP contribution >= 0.6 is 11.8 Å². The Kier molecular flexibility index (Phi) is 5.68. The number of ether oxygens (including phenoxy) is 1. The Bertz CT molecular complexity index is 1340. The van der Waals surface area contributed by atoms with Crippen LogP contribution in [0.2, 0.25) is 0 Å². The maximum absolute atomic E-state index is 14.4. The number of amides is 2. The number of nitrogens with zero attached hydrogens (tertiary/aromatic N) is 5. The highest BCUT2D eigenvalue weighted by Crippen LogP contribution is 2.65. The van der Waals surface area contributed by atoms with Crippen LogP contribution in [0.4, 0.5) is 0 Å². The number of aromatic nitrogens is 3. The molecular formula is C26H29N5O5S. The van der Waals surface area contributed by atoms with Crippen LogP contribution in [-0.2, 0) is 25.8 Å². The third-order valence-electron chi connectivity index (χ3n) is 8.13. The van der Waals surface area contributed by atoms with Crippen LogP contribution in [0.3, 0.4) is 0 Å². The molecule has 194 valence electrons. The summed E-state index contributed by atoms with van der Waals surface area (Å²) in [5.41, 5.74) is 1.53. The van der Waals surface area contributed by atoms with Crippen LogP contribution in [0.5, 0.6) is 0 Å². The molecule has 2 aromatic rings. The van der Waals surface area contributed by atoms with Crippen molar-refractivity contribution in [2.24, 2.45) is 11.8 Å². The van der Waals surface area contributed by atoms with E-state index in [4.69, 9.17) is 4.74 Å². The van der Waals surface area contributed by atoms with Crippen molar-refractivity contribution >= 4 is 40.6 Å². The number of aliphatic hydroxyl groups excluding tert-OH is 1. The molecule has 0 radical (unpaired) electrons. The average molecular weight is 524 g/mol. The molecule has 1 aromatic carbocycles. The molecule has 2 fully saturated rings. The lowest BCUT2D eigenvalue weighted by molar-refractivity contribution is -0.153. The van der Waals surface area contributed by atoms with E-state index in [1.54, 1.807) is 14.5 Å². The number of hydrogen-bond acceptors (Lipinski definition) is 8. The predicted molar refractivity (Wildman–Crippen MR) is 136 cm³/mol. The Balaban J connectivity index is 1.45. The first-order valence-corrected chi connectivity index (χ1v) is 13.4. The lowest BCUT2D eigenvalue weighted by Crippen LogP contribution is -2.56. The van der Waals surface area contributed by atoms with Crippen LogP contribution in [0.1, 0.15) is 20.3 Å². The van der Waals surface area contributed by atoms with E-state index in [1.807, 2.05) is 62.4 Å². The predicted octanol–water partition coefficient (Wildman–Crippen LogP) is 1.36. The number of carbonyl (C=O) groups is 3. The molecule has 1 N–H and O–H groups in total. The van der Waals surface area contributed by atoms with Crippen LogP contribution < -0.4 is 0 Å². The summed E-state index contributed by atoms with van der Waals surface area (Å²) in [5.74, 6) is -2.47. The number of aliphatic hydroxyl groups is 1. The zero-order valence-electron chi connectivity index (χ0n) is 20.7. The van der Waals surface area contributed by atoms with Crippen molar-refractivity contribution in [3.8, 4) is 0 Å². The number of para-hydroxylation sites is 1. The summed E-state index contributed by atoms with van der Waals surface area (Å²) in [7, 11) is 0. The highest BCUT2D eigenvalue weighted by atomic mass is 32.2.